The SMILES string of the molecule is CC1(C)c2ccccc2N(c2cccc(N3c4ccccc4C(C)(C)c4ccccc43)c2-n2c(-c3ccccc3)nc3c2CCCC3)c2ccccc21. The maximum atomic E-state index is 5.52. The predicted molar refractivity (Wildman–Crippen MR) is 219 cm³/mol. The smallest absolute Gasteiger partial charge is 0.145 e. The van der Waals surface area contributed by atoms with E-state index in [9.17, 15) is 0 Å². The summed E-state index contributed by atoms with van der Waals surface area (Å²) in [5.74, 6) is 1.00. The van der Waals surface area contributed by atoms with E-state index in [0.717, 1.165) is 54.1 Å². The molecule has 0 saturated carbocycles. The molecule has 2 aliphatic heterocycles. The standard InChI is InChI=1S/C49H44N4/c1-48(2)34-21-8-13-26-39(34)51(40-27-14-9-22-35(40)48)44-31-18-32-45(52-41-28-15-10-23-36(41)49(3,4)37-24-11-16-29-42(37)52)46(44)53-43-30-17-12-25-38(43)50-47(53)33-19-6-5-7-20-33/h5-11,13-16,18-24,26-29,31-32H,12,17,25,30H2,1-4H3. The van der Waals surface area contributed by atoms with Crippen LogP contribution in [-0.4, -0.2) is 9.55 Å². The van der Waals surface area contributed by atoms with E-state index in [1.165, 1.54) is 56.4 Å². The molecule has 0 fully saturated rings. The second-order valence-electron chi connectivity index (χ2n) is 15.9. The van der Waals surface area contributed by atoms with Crippen molar-refractivity contribution in [3.05, 3.63) is 179 Å². The van der Waals surface area contributed by atoms with Crippen LogP contribution in [-0.2, 0) is 23.7 Å². The van der Waals surface area contributed by atoms with Crippen molar-refractivity contribution in [1.29, 1.82) is 0 Å². The Morgan fingerprint density at radius 3 is 1.30 bits per heavy atom. The molecule has 3 aliphatic rings. The number of aryl methyl sites for hydroxylation is 1. The highest BCUT2D eigenvalue weighted by Gasteiger charge is 2.41. The van der Waals surface area contributed by atoms with Gasteiger partial charge in [-0.25, -0.2) is 4.98 Å². The second-order valence-corrected chi connectivity index (χ2v) is 15.9. The van der Waals surface area contributed by atoms with E-state index in [2.05, 4.69) is 188 Å². The fraction of sp³-hybridized carbons (Fsp3) is 0.204. The van der Waals surface area contributed by atoms with Crippen molar-refractivity contribution in [1.82, 2.24) is 9.55 Å². The summed E-state index contributed by atoms with van der Waals surface area (Å²) in [5.41, 5.74) is 16.9. The lowest BCUT2D eigenvalue weighted by atomic mass is 9.73. The lowest BCUT2D eigenvalue weighted by molar-refractivity contribution is 0.631. The lowest BCUT2D eigenvalue weighted by Gasteiger charge is -2.44. The Labute approximate surface area is 313 Å². The Balaban J connectivity index is 1.36. The van der Waals surface area contributed by atoms with Crippen LogP contribution < -0.4 is 9.80 Å². The van der Waals surface area contributed by atoms with Gasteiger partial charge in [-0.1, -0.05) is 137 Å². The topological polar surface area (TPSA) is 24.3 Å². The van der Waals surface area contributed by atoms with E-state index in [4.69, 9.17) is 4.98 Å². The number of imidazole rings is 1. The van der Waals surface area contributed by atoms with Crippen LogP contribution in [0.5, 0.6) is 0 Å². The zero-order valence-electron chi connectivity index (χ0n) is 31.0. The molecule has 0 atom stereocenters. The quantitative estimate of drug-likeness (QED) is 0.184. The molecule has 3 heterocycles. The van der Waals surface area contributed by atoms with Crippen molar-refractivity contribution in [2.75, 3.05) is 9.80 Å². The minimum Gasteiger partial charge on any atom is -0.308 e. The predicted octanol–water partition coefficient (Wildman–Crippen LogP) is 12.6. The van der Waals surface area contributed by atoms with Gasteiger partial charge in [0.05, 0.1) is 45.5 Å². The number of para-hydroxylation sites is 5. The molecule has 7 aromatic rings. The summed E-state index contributed by atoms with van der Waals surface area (Å²) in [6.45, 7) is 9.45. The first-order valence-electron chi connectivity index (χ1n) is 19.1. The Kier molecular flexibility index (Phi) is 7.10. The number of nitrogens with zero attached hydrogens (tertiary/aromatic N) is 4. The monoisotopic (exact) mass is 688 g/mol. The minimum absolute atomic E-state index is 0.166. The van der Waals surface area contributed by atoms with Crippen molar-refractivity contribution >= 4 is 34.1 Å². The highest BCUT2D eigenvalue weighted by Crippen LogP contribution is 2.57. The Morgan fingerprint density at radius 2 is 0.830 bits per heavy atom. The van der Waals surface area contributed by atoms with Crippen molar-refractivity contribution < 1.29 is 0 Å². The average Bonchev–Trinajstić information content (AvgIpc) is 3.58. The van der Waals surface area contributed by atoms with E-state index in [1.54, 1.807) is 0 Å². The van der Waals surface area contributed by atoms with Gasteiger partial charge in [-0.15, -0.1) is 0 Å². The number of aromatic nitrogens is 2. The summed E-state index contributed by atoms with van der Waals surface area (Å²) >= 11 is 0. The molecule has 0 saturated heterocycles. The van der Waals surface area contributed by atoms with Crippen molar-refractivity contribution in [3.8, 4) is 17.1 Å². The highest BCUT2D eigenvalue weighted by atomic mass is 15.2. The Morgan fingerprint density at radius 1 is 0.434 bits per heavy atom. The van der Waals surface area contributed by atoms with E-state index < -0.39 is 0 Å². The third-order valence-corrected chi connectivity index (χ3v) is 12.1. The normalized spacial score (nSPS) is 16.2. The molecule has 0 radical (unpaired) electrons. The third kappa shape index (κ3) is 4.64. The number of fused-ring (bicyclic) bond motifs is 5. The van der Waals surface area contributed by atoms with Gasteiger partial charge in [0.25, 0.3) is 0 Å². The van der Waals surface area contributed by atoms with Crippen LogP contribution in [0.3, 0.4) is 0 Å². The first-order chi connectivity index (χ1) is 25.9. The molecule has 0 spiro atoms. The van der Waals surface area contributed by atoms with E-state index in [1.807, 2.05) is 0 Å². The van der Waals surface area contributed by atoms with Gasteiger partial charge in [-0.2, -0.15) is 0 Å². The Bertz CT molecular complexity index is 2310. The number of benzene rings is 6. The van der Waals surface area contributed by atoms with Crippen LogP contribution in [0.15, 0.2) is 146 Å². The van der Waals surface area contributed by atoms with E-state index in [0.29, 0.717) is 0 Å². The molecular formula is C49H44N4. The number of hydrogen-bond donors (Lipinski definition) is 0. The molecule has 6 aromatic carbocycles. The summed E-state index contributed by atoms with van der Waals surface area (Å²) < 4.78 is 2.55. The molecule has 0 bridgehead atoms. The zero-order chi connectivity index (χ0) is 35.9. The summed E-state index contributed by atoms with van der Waals surface area (Å²) in [7, 11) is 0. The third-order valence-electron chi connectivity index (χ3n) is 12.1. The highest BCUT2D eigenvalue weighted by molar-refractivity contribution is 5.97. The second kappa shape index (κ2) is 11.8. The molecule has 1 aromatic heterocycles. The fourth-order valence-electron chi connectivity index (χ4n) is 9.53. The van der Waals surface area contributed by atoms with Crippen LogP contribution in [0, 0.1) is 0 Å². The number of rotatable bonds is 4. The van der Waals surface area contributed by atoms with Crippen LogP contribution >= 0.6 is 0 Å². The summed E-state index contributed by atoms with van der Waals surface area (Å²) in [5, 5.41) is 0. The fourth-order valence-corrected chi connectivity index (χ4v) is 9.53. The molecule has 0 unspecified atom stereocenters. The molecule has 10 rings (SSSR count). The van der Waals surface area contributed by atoms with Crippen molar-refractivity contribution in [2.24, 2.45) is 0 Å². The zero-order valence-corrected chi connectivity index (χ0v) is 31.0. The molecule has 260 valence electrons. The van der Waals surface area contributed by atoms with E-state index in [-0.39, 0.29) is 10.8 Å². The van der Waals surface area contributed by atoms with Crippen LogP contribution in [0.4, 0.5) is 34.1 Å². The molecular weight excluding hydrogens is 645 g/mol. The summed E-state index contributed by atoms with van der Waals surface area (Å²) in [4.78, 5) is 10.6. The van der Waals surface area contributed by atoms with E-state index >= 15 is 0 Å². The van der Waals surface area contributed by atoms with Gasteiger partial charge in [0.1, 0.15) is 5.82 Å². The Hall–Kier alpha value is -5.87. The molecule has 53 heavy (non-hydrogen) atoms. The summed E-state index contributed by atoms with van der Waals surface area (Å²) in [6.07, 6.45) is 4.30. The molecule has 0 N–H and O–H groups in total. The average molecular weight is 689 g/mol. The van der Waals surface area contributed by atoms with Gasteiger partial charge in [0.15, 0.2) is 0 Å². The van der Waals surface area contributed by atoms with Gasteiger partial charge in [-0.05, 0) is 84.3 Å². The van der Waals surface area contributed by atoms with Gasteiger partial charge >= 0.3 is 0 Å². The van der Waals surface area contributed by atoms with Crippen LogP contribution in [0.1, 0.15) is 74.2 Å². The summed E-state index contributed by atoms with van der Waals surface area (Å²) in [6, 6.07) is 53.7. The molecule has 4 heteroatoms. The van der Waals surface area contributed by atoms with Crippen LogP contribution in [0.25, 0.3) is 17.1 Å². The minimum atomic E-state index is -0.166. The molecule has 0 amide bonds. The van der Waals surface area contributed by atoms with Gasteiger partial charge in [-0.3, -0.25) is 4.57 Å². The first-order valence-corrected chi connectivity index (χ1v) is 19.1. The lowest BCUT2D eigenvalue weighted by Crippen LogP contribution is -2.32. The maximum absolute atomic E-state index is 5.52. The van der Waals surface area contributed by atoms with Gasteiger partial charge < -0.3 is 9.80 Å². The maximum Gasteiger partial charge on any atom is 0.145 e. The van der Waals surface area contributed by atoms with Crippen LogP contribution in [0.2, 0.25) is 0 Å². The van der Waals surface area contributed by atoms with Crippen molar-refractivity contribution in [3.63, 3.8) is 0 Å². The van der Waals surface area contributed by atoms with Crippen molar-refractivity contribution in [2.45, 2.75) is 64.2 Å². The molecule has 4 nitrogen and oxygen atoms in total. The number of hydrogen-bond acceptors (Lipinski definition) is 3. The van der Waals surface area contributed by atoms with Gasteiger partial charge in [0, 0.05) is 22.1 Å². The first kappa shape index (κ1) is 31.8. The van der Waals surface area contributed by atoms with Gasteiger partial charge in [0.2, 0.25) is 0 Å². The largest absolute Gasteiger partial charge is 0.308 e. The number of anilines is 6. The molecule has 1 aliphatic carbocycles.